The van der Waals surface area contributed by atoms with Gasteiger partial charge in [0.05, 0.1) is 36.0 Å². The molecule has 0 aromatic heterocycles. The highest BCUT2D eigenvalue weighted by molar-refractivity contribution is 6.32. The number of ether oxygens (including phenoxy) is 8. The average Bonchev–Trinajstić information content (AvgIpc) is 3.09. The molecule has 16 nitrogen and oxygen atoms in total. The molecule has 2 aromatic carbocycles. The molecule has 1 spiro atoms. The molecule has 0 unspecified atom stereocenters. The third-order valence-corrected chi connectivity index (χ3v) is 8.08. The largest absolute Gasteiger partial charge is 0.488 e. The van der Waals surface area contributed by atoms with Gasteiger partial charge in [-0.2, -0.15) is 0 Å². The highest BCUT2D eigenvalue weighted by Crippen LogP contribution is 2.55. The van der Waals surface area contributed by atoms with Gasteiger partial charge >= 0.3 is 36.1 Å². The molecule has 53 heavy (non-hydrogen) atoms. The minimum absolute atomic E-state index is 0.0217. The van der Waals surface area contributed by atoms with Crippen molar-refractivity contribution in [3.05, 3.63) is 69.7 Å². The molecule has 2 amide bonds. The number of amides is 2. The lowest BCUT2D eigenvalue weighted by Gasteiger charge is -2.41. The van der Waals surface area contributed by atoms with Crippen LogP contribution < -0.4 is 29.6 Å². The summed E-state index contributed by atoms with van der Waals surface area (Å²) in [4.78, 5) is 72.5. The molecule has 0 atom stereocenters. The fourth-order valence-corrected chi connectivity index (χ4v) is 5.56. The molecule has 284 valence electrons. The molecular weight excluding hydrogens is 743 g/mol. The van der Waals surface area contributed by atoms with Gasteiger partial charge in [-0.15, -0.1) is 0 Å². The Morgan fingerprint density at radius 2 is 1.06 bits per heavy atom. The summed E-state index contributed by atoms with van der Waals surface area (Å²) in [5.41, 5.74) is 0.0208. The van der Waals surface area contributed by atoms with Crippen molar-refractivity contribution in [3.63, 3.8) is 0 Å². The van der Waals surface area contributed by atoms with E-state index in [2.05, 4.69) is 23.8 Å². The summed E-state index contributed by atoms with van der Waals surface area (Å²) in [5.74, 6) is -2.02. The van der Waals surface area contributed by atoms with Crippen molar-refractivity contribution in [1.82, 2.24) is 10.6 Å². The van der Waals surface area contributed by atoms with E-state index in [-0.39, 0.29) is 110 Å². The Bertz CT molecular complexity index is 1680. The van der Waals surface area contributed by atoms with Crippen molar-refractivity contribution in [1.29, 1.82) is 0 Å². The SMILES string of the molecule is C=C(C)C(=O)OCCNC(=O)OCCOc1cc2c(cc1Cl)C1(CC(=O)O2)CC(=O)Oc2cc(OCCOC(=O)NCCOC(=O)C(=C)C)c(Cl)cc21. The van der Waals surface area contributed by atoms with Gasteiger partial charge in [-0.25, -0.2) is 19.2 Å². The van der Waals surface area contributed by atoms with Gasteiger partial charge in [-0.1, -0.05) is 36.4 Å². The summed E-state index contributed by atoms with van der Waals surface area (Å²) in [7, 11) is 0. The fourth-order valence-electron chi connectivity index (χ4n) is 5.12. The van der Waals surface area contributed by atoms with Crippen LogP contribution in [0.3, 0.4) is 0 Å². The van der Waals surface area contributed by atoms with Crippen molar-refractivity contribution in [2.75, 3.05) is 52.7 Å². The second-order valence-electron chi connectivity index (χ2n) is 11.6. The summed E-state index contributed by atoms with van der Waals surface area (Å²) in [6.45, 7) is 9.24. The summed E-state index contributed by atoms with van der Waals surface area (Å²) in [6, 6.07) is 5.84. The summed E-state index contributed by atoms with van der Waals surface area (Å²) in [5, 5.41) is 5.07. The van der Waals surface area contributed by atoms with E-state index in [0.29, 0.717) is 11.1 Å². The Kier molecular flexibility index (Phi) is 13.9. The monoisotopic (exact) mass is 778 g/mol. The van der Waals surface area contributed by atoms with Gasteiger partial charge in [0.25, 0.3) is 0 Å². The molecule has 2 aliphatic rings. The van der Waals surface area contributed by atoms with Crippen LogP contribution in [0.25, 0.3) is 0 Å². The predicted octanol–water partition coefficient (Wildman–Crippen LogP) is 4.35. The van der Waals surface area contributed by atoms with Crippen molar-refractivity contribution in [2.45, 2.75) is 32.1 Å². The van der Waals surface area contributed by atoms with Crippen LogP contribution in [0, 0.1) is 0 Å². The Labute approximate surface area is 313 Å². The van der Waals surface area contributed by atoms with Gasteiger partial charge in [0.15, 0.2) is 0 Å². The van der Waals surface area contributed by atoms with E-state index in [9.17, 15) is 28.8 Å². The number of alkyl carbamates (subject to hydrolysis) is 2. The maximum atomic E-state index is 13.0. The highest BCUT2D eigenvalue weighted by atomic mass is 35.5. The van der Waals surface area contributed by atoms with Crippen LogP contribution in [-0.2, 0) is 43.5 Å². The number of hydrogen-bond donors (Lipinski definition) is 2. The molecular formula is C35H36Cl2N2O14. The normalized spacial score (nSPS) is 13.6. The molecule has 2 aliphatic heterocycles. The minimum atomic E-state index is -1.26. The smallest absolute Gasteiger partial charge is 0.407 e. The first-order valence-corrected chi connectivity index (χ1v) is 16.8. The van der Waals surface area contributed by atoms with Crippen molar-refractivity contribution in [3.8, 4) is 23.0 Å². The number of carbonyl (C=O) groups excluding carboxylic acids is 6. The van der Waals surface area contributed by atoms with Crippen molar-refractivity contribution >= 4 is 59.3 Å². The number of benzene rings is 2. The number of carbonyl (C=O) groups is 6. The molecule has 0 radical (unpaired) electrons. The van der Waals surface area contributed by atoms with Crippen molar-refractivity contribution < 1.29 is 66.7 Å². The topological polar surface area (TPSA) is 200 Å². The maximum absolute atomic E-state index is 13.0. The van der Waals surface area contributed by atoms with Crippen LogP contribution >= 0.6 is 23.2 Å². The second-order valence-corrected chi connectivity index (χ2v) is 12.4. The van der Waals surface area contributed by atoms with Crippen LogP contribution in [-0.4, -0.2) is 88.8 Å². The molecule has 2 N–H and O–H groups in total. The Morgan fingerprint density at radius 3 is 1.43 bits per heavy atom. The average molecular weight is 780 g/mol. The second kappa shape index (κ2) is 18.3. The van der Waals surface area contributed by atoms with E-state index in [1.165, 1.54) is 38.1 Å². The van der Waals surface area contributed by atoms with Crippen LogP contribution in [0.5, 0.6) is 23.0 Å². The Hall–Kier alpha value is -5.48. The van der Waals surface area contributed by atoms with Gasteiger partial charge < -0.3 is 48.5 Å². The number of esters is 4. The number of fused-ring (bicyclic) bond motifs is 4. The van der Waals surface area contributed by atoms with Gasteiger partial charge in [-0.3, -0.25) is 9.59 Å². The first-order valence-electron chi connectivity index (χ1n) is 16.0. The molecule has 18 heteroatoms. The summed E-state index contributed by atoms with van der Waals surface area (Å²) >= 11 is 13.2. The standard InChI is InChI=1S/C35H36Cl2N2O14/c1-19(2)31(42)48-7-5-38-33(44)50-11-9-46-27-15-25-21(13-23(27)36)35(17-29(40)52-25)18-30(41)53-26-16-28(24(37)14-22(26)35)47-10-12-51-34(45)39-6-8-49-32(43)20(3)4/h13-16H,1,3,5-12,17-18H2,2,4H3,(H,38,44)(H,39,45). The zero-order valence-electron chi connectivity index (χ0n) is 28.8. The van der Waals surface area contributed by atoms with E-state index in [1.54, 1.807) is 0 Å². The molecule has 0 saturated carbocycles. The minimum Gasteiger partial charge on any atom is -0.488 e. The van der Waals surface area contributed by atoms with E-state index in [0.717, 1.165) is 0 Å². The summed E-state index contributed by atoms with van der Waals surface area (Å²) < 4.78 is 42.3. The van der Waals surface area contributed by atoms with Crippen LogP contribution in [0.1, 0.15) is 37.8 Å². The van der Waals surface area contributed by atoms with Crippen molar-refractivity contribution in [2.24, 2.45) is 0 Å². The Balaban J connectivity index is 1.37. The van der Waals surface area contributed by atoms with E-state index >= 15 is 0 Å². The number of halogens is 2. The third-order valence-electron chi connectivity index (χ3n) is 7.49. The summed E-state index contributed by atoms with van der Waals surface area (Å²) in [6.07, 6.45) is -2.01. The van der Waals surface area contributed by atoms with E-state index in [1.807, 2.05) is 0 Å². The molecule has 2 aromatic rings. The van der Waals surface area contributed by atoms with Gasteiger partial charge in [0, 0.05) is 39.8 Å². The number of rotatable bonds is 16. The van der Waals surface area contributed by atoms with Crippen LogP contribution in [0.2, 0.25) is 10.0 Å². The van der Waals surface area contributed by atoms with E-state index < -0.39 is 41.5 Å². The first kappa shape index (κ1) is 40.3. The highest BCUT2D eigenvalue weighted by Gasteiger charge is 2.50. The zero-order valence-corrected chi connectivity index (χ0v) is 30.3. The third kappa shape index (κ3) is 10.8. The maximum Gasteiger partial charge on any atom is 0.407 e. The van der Waals surface area contributed by atoms with Crippen LogP contribution in [0.15, 0.2) is 48.6 Å². The molecule has 0 bridgehead atoms. The number of hydrogen-bond acceptors (Lipinski definition) is 14. The van der Waals surface area contributed by atoms with Crippen LogP contribution in [0.4, 0.5) is 9.59 Å². The quantitative estimate of drug-likeness (QED) is 0.0801. The van der Waals surface area contributed by atoms with Gasteiger partial charge in [0.1, 0.15) is 62.6 Å². The number of nitrogens with one attached hydrogen (secondary N) is 2. The predicted molar refractivity (Wildman–Crippen MR) is 185 cm³/mol. The van der Waals surface area contributed by atoms with Gasteiger partial charge in [0.2, 0.25) is 0 Å². The molecule has 0 saturated heterocycles. The lowest BCUT2D eigenvalue weighted by Crippen LogP contribution is -2.42. The van der Waals surface area contributed by atoms with Gasteiger partial charge in [-0.05, 0) is 26.0 Å². The first-order chi connectivity index (χ1) is 25.2. The molecule has 4 rings (SSSR count). The Morgan fingerprint density at radius 1 is 0.660 bits per heavy atom. The lowest BCUT2D eigenvalue weighted by atomic mass is 9.67. The molecule has 0 aliphatic carbocycles. The fraction of sp³-hybridized carbons (Fsp3) is 0.371. The zero-order chi connectivity index (χ0) is 38.7. The molecule has 0 fully saturated rings. The lowest BCUT2D eigenvalue weighted by molar-refractivity contribution is -0.141. The molecule has 2 heterocycles. The van der Waals surface area contributed by atoms with E-state index in [4.69, 9.17) is 61.1 Å².